The number of hydrogen-bond donors (Lipinski definition) is 3. The summed E-state index contributed by atoms with van der Waals surface area (Å²) < 4.78 is 10.4. The van der Waals surface area contributed by atoms with Crippen LogP contribution < -0.4 is 5.32 Å². The van der Waals surface area contributed by atoms with E-state index in [0.717, 1.165) is 81.9 Å². The molecule has 0 radical (unpaired) electrons. The van der Waals surface area contributed by atoms with Crippen molar-refractivity contribution in [1.29, 1.82) is 0 Å². The van der Waals surface area contributed by atoms with Crippen molar-refractivity contribution in [2.45, 2.75) is 84.0 Å². The van der Waals surface area contributed by atoms with Crippen LogP contribution in [0.15, 0.2) is 72.9 Å². The monoisotopic (exact) mass is 731 g/mol. The van der Waals surface area contributed by atoms with Crippen molar-refractivity contribution < 1.29 is 23.9 Å². The molecule has 0 aliphatic carbocycles. The van der Waals surface area contributed by atoms with Gasteiger partial charge in [-0.25, -0.2) is 19.6 Å². The number of hydrogen-bond acceptors (Lipinski definition) is 7. The van der Waals surface area contributed by atoms with Crippen LogP contribution in [0.1, 0.15) is 84.0 Å². The molecule has 4 heterocycles. The summed E-state index contributed by atoms with van der Waals surface area (Å²) in [5.74, 6) is 1.30. The predicted molar refractivity (Wildman–Crippen MR) is 207 cm³/mol. The maximum atomic E-state index is 13.5. The number of nitrogens with one attached hydrogen (secondary N) is 3. The van der Waals surface area contributed by atoms with Gasteiger partial charge in [0.1, 0.15) is 23.3 Å². The van der Waals surface area contributed by atoms with Crippen LogP contribution in [0.25, 0.3) is 44.5 Å². The summed E-state index contributed by atoms with van der Waals surface area (Å²) in [6.45, 7) is 10.7. The fourth-order valence-electron chi connectivity index (χ4n) is 7.50. The normalized spacial score (nSPS) is 18.0. The lowest BCUT2D eigenvalue weighted by Gasteiger charge is -2.30. The van der Waals surface area contributed by atoms with E-state index in [1.165, 1.54) is 7.11 Å². The van der Waals surface area contributed by atoms with E-state index in [4.69, 9.17) is 14.5 Å². The zero-order valence-corrected chi connectivity index (χ0v) is 31.8. The molecule has 5 aromatic rings. The summed E-state index contributed by atoms with van der Waals surface area (Å²) in [6.07, 6.45) is 4.31. The summed E-state index contributed by atoms with van der Waals surface area (Å²) in [6, 6.07) is 22.1. The van der Waals surface area contributed by atoms with Gasteiger partial charge in [-0.2, -0.15) is 0 Å². The van der Waals surface area contributed by atoms with Gasteiger partial charge in [-0.1, -0.05) is 68.4 Å². The number of carbonyl (C=O) groups is 3. The molecule has 2 saturated heterocycles. The third-order valence-corrected chi connectivity index (χ3v) is 10.3. The SMILES string of the molecule is COC(=O)N[C@H](C(=O)N1CCC[C@H]1c1ncc(-c2ccc(-c3ccc(-c4ccc5nc([C@@H]6CCCN6C(=O)OC(C)(C)C)[nH]c5c4)cc3)cc2)[nH]1)C(C)C. The molecule has 0 saturated carbocycles. The third kappa shape index (κ3) is 7.69. The van der Waals surface area contributed by atoms with Gasteiger partial charge < -0.3 is 29.7 Å². The minimum Gasteiger partial charge on any atom is -0.453 e. The minimum absolute atomic E-state index is 0.0948. The molecular formula is C42H49N7O5. The molecule has 0 unspecified atom stereocenters. The van der Waals surface area contributed by atoms with Crippen molar-refractivity contribution in [1.82, 2.24) is 35.1 Å². The first-order valence-corrected chi connectivity index (χ1v) is 18.8. The van der Waals surface area contributed by atoms with E-state index in [0.29, 0.717) is 13.1 Å². The summed E-state index contributed by atoms with van der Waals surface area (Å²) in [5, 5.41) is 2.70. The lowest BCUT2D eigenvalue weighted by molar-refractivity contribution is -0.135. The Bertz CT molecular complexity index is 2130. The van der Waals surface area contributed by atoms with Gasteiger partial charge in [-0.05, 0) is 92.3 Å². The molecule has 3 atom stereocenters. The number of methoxy groups -OCH3 is 1. The number of aromatic amines is 2. The van der Waals surface area contributed by atoms with Crippen LogP contribution in [0, 0.1) is 5.92 Å². The number of ether oxygens (including phenoxy) is 2. The van der Waals surface area contributed by atoms with Crippen molar-refractivity contribution in [3.05, 3.63) is 84.6 Å². The van der Waals surface area contributed by atoms with Gasteiger partial charge in [-0.3, -0.25) is 9.69 Å². The van der Waals surface area contributed by atoms with Crippen molar-refractivity contribution in [2.75, 3.05) is 20.2 Å². The molecular weight excluding hydrogens is 683 g/mol. The zero-order valence-electron chi connectivity index (χ0n) is 31.8. The Labute approximate surface area is 315 Å². The number of benzene rings is 3. The summed E-state index contributed by atoms with van der Waals surface area (Å²) in [5.41, 5.74) is 7.49. The zero-order chi connectivity index (χ0) is 38.1. The maximum absolute atomic E-state index is 13.5. The molecule has 282 valence electrons. The van der Waals surface area contributed by atoms with Crippen LogP contribution in [0.4, 0.5) is 9.59 Å². The fraction of sp³-hybridized carbons (Fsp3) is 0.405. The summed E-state index contributed by atoms with van der Waals surface area (Å²) in [7, 11) is 1.30. The average molecular weight is 732 g/mol. The lowest BCUT2D eigenvalue weighted by Crippen LogP contribution is -2.51. The standard InChI is InChI=1S/C42H49N7O5/c1-25(2)36(47-40(51)53-6)39(50)48-21-7-9-34(48)37-43-24-33(46-37)29-17-15-27(16-18-29)26-11-13-28(14-12-26)30-19-20-31-32(23-30)45-38(44-31)35-10-8-22-49(35)41(52)54-42(3,4)5/h11-20,23-25,34-36H,7-10,21-22H2,1-6H3,(H,43,46)(H,44,45)(H,47,51)/t34-,35-,36-/m0/s1. The van der Waals surface area contributed by atoms with E-state index < -0.39 is 17.7 Å². The highest BCUT2D eigenvalue weighted by Crippen LogP contribution is 2.35. The predicted octanol–water partition coefficient (Wildman–Crippen LogP) is 8.40. The molecule has 2 aliphatic rings. The van der Waals surface area contributed by atoms with E-state index in [1.54, 1.807) is 4.90 Å². The van der Waals surface area contributed by atoms with Gasteiger partial charge in [0.25, 0.3) is 0 Å². The quantitative estimate of drug-likeness (QED) is 0.145. The number of fused-ring (bicyclic) bond motifs is 1. The van der Waals surface area contributed by atoms with Crippen LogP contribution in [-0.4, -0.2) is 79.7 Å². The number of imidazole rings is 2. The Morgan fingerprint density at radius 2 is 1.37 bits per heavy atom. The second-order valence-electron chi connectivity index (χ2n) is 15.6. The number of likely N-dealkylation sites (tertiary alicyclic amines) is 2. The molecule has 54 heavy (non-hydrogen) atoms. The number of alkyl carbamates (subject to hydrolysis) is 1. The second kappa shape index (κ2) is 15.0. The fourth-order valence-corrected chi connectivity index (χ4v) is 7.50. The highest BCUT2D eigenvalue weighted by molar-refractivity contribution is 5.86. The van der Waals surface area contributed by atoms with Gasteiger partial charge >= 0.3 is 12.2 Å². The molecule has 2 aromatic heterocycles. The number of aromatic nitrogens is 4. The van der Waals surface area contributed by atoms with Crippen LogP contribution in [-0.2, 0) is 14.3 Å². The van der Waals surface area contributed by atoms with Gasteiger partial charge in [-0.15, -0.1) is 0 Å². The van der Waals surface area contributed by atoms with Gasteiger partial charge in [0, 0.05) is 13.1 Å². The number of amides is 3. The highest BCUT2D eigenvalue weighted by Gasteiger charge is 2.38. The summed E-state index contributed by atoms with van der Waals surface area (Å²) >= 11 is 0. The largest absolute Gasteiger partial charge is 0.453 e. The lowest BCUT2D eigenvalue weighted by atomic mass is 9.99. The number of nitrogens with zero attached hydrogens (tertiary/aromatic N) is 4. The van der Waals surface area contributed by atoms with Gasteiger partial charge in [0.05, 0.1) is 42.1 Å². The Morgan fingerprint density at radius 3 is 1.98 bits per heavy atom. The van der Waals surface area contributed by atoms with Crippen LogP contribution >= 0.6 is 0 Å². The molecule has 12 nitrogen and oxygen atoms in total. The number of carbonyl (C=O) groups excluding carboxylic acids is 3. The first-order chi connectivity index (χ1) is 25.9. The molecule has 3 amide bonds. The Morgan fingerprint density at radius 1 is 0.796 bits per heavy atom. The minimum atomic E-state index is -0.677. The van der Waals surface area contributed by atoms with Crippen molar-refractivity contribution in [2.24, 2.45) is 5.92 Å². The Kier molecular flexibility index (Phi) is 10.2. The van der Waals surface area contributed by atoms with Crippen LogP contribution in [0.3, 0.4) is 0 Å². The van der Waals surface area contributed by atoms with Crippen molar-refractivity contribution in [3.63, 3.8) is 0 Å². The third-order valence-electron chi connectivity index (χ3n) is 10.3. The molecule has 0 spiro atoms. The molecule has 0 bridgehead atoms. The van der Waals surface area contributed by atoms with E-state index in [9.17, 15) is 14.4 Å². The topological polar surface area (TPSA) is 146 Å². The van der Waals surface area contributed by atoms with E-state index >= 15 is 0 Å². The van der Waals surface area contributed by atoms with E-state index in [-0.39, 0.29) is 30.0 Å². The van der Waals surface area contributed by atoms with E-state index in [1.807, 2.05) is 51.8 Å². The van der Waals surface area contributed by atoms with E-state index in [2.05, 4.69) is 80.9 Å². The summed E-state index contributed by atoms with van der Waals surface area (Å²) in [4.78, 5) is 58.4. The maximum Gasteiger partial charge on any atom is 0.410 e. The molecule has 12 heteroatoms. The highest BCUT2D eigenvalue weighted by atomic mass is 16.6. The molecule has 7 rings (SSSR count). The van der Waals surface area contributed by atoms with Crippen molar-refractivity contribution in [3.8, 4) is 33.5 Å². The smallest absolute Gasteiger partial charge is 0.410 e. The second-order valence-corrected chi connectivity index (χ2v) is 15.6. The molecule has 3 N–H and O–H groups in total. The van der Waals surface area contributed by atoms with Crippen molar-refractivity contribution >= 4 is 29.1 Å². The average Bonchev–Trinajstić information content (AvgIpc) is 3.98. The van der Waals surface area contributed by atoms with Crippen LogP contribution in [0.2, 0.25) is 0 Å². The number of H-pyrrole nitrogens is 2. The first-order valence-electron chi connectivity index (χ1n) is 18.8. The number of rotatable bonds is 8. The molecule has 2 aliphatic heterocycles. The van der Waals surface area contributed by atoms with Gasteiger partial charge in [0.2, 0.25) is 5.91 Å². The molecule has 2 fully saturated rings. The van der Waals surface area contributed by atoms with Gasteiger partial charge in [0.15, 0.2) is 0 Å². The Hall–Kier alpha value is -5.65. The first kappa shape index (κ1) is 36.7. The van der Waals surface area contributed by atoms with Crippen LogP contribution in [0.5, 0.6) is 0 Å². The molecule has 3 aromatic carbocycles. The Balaban J connectivity index is 1.02.